The van der Waals surface area contributed by atoms with Crippen LogP contribution in [0.2, 0.25) is 0 Å². The van der Waals surface area contributed by atoms with E-state index in [9.17, 15) is 9.59 Å². The minimum atomic E-state index is -0.378. The van der Waals surface area contributed by atoms with Gasteiger partial charge in [0.15, 0.2) is 0 Å². The topological polar surface area (TPSA) is 80.3 Å². The maximum absolute atomic E-state index is 13.0. The molecule has 4 rings (SSSR count). The van der Waals surface area contributed by atoms with Crippen LogP contribution < -0.4 is 15.4 Å². The van der Waals surface area contributed by atoms with Crippen molar-refractivity contribution in [1.82, 2.24) is 15.6 Å². The minimum Gasteiger partial charge on any atom is -0.486 e. The van der Waals surface area contributed by atoms with Crippen LogP contribution in [0.15, 0.2) is 84.2 Å². The molecular weight excluding hydrogens is 482 g/mol. The van der Waals surface area contributed by atoms with Gasteiger partial charge in [0.1, 0.15) is 23.1 Å². The van der Waals surface area contributed by atoms with E-state index in [0.29, 0.717) is 31.8 Å². The van der Waals surface area contributed by atoms with Crippen molar-refractivity contribution in [2.45, 2.75) is 32.8 Å². The third-order valence-electron chi connectivity index (χ3n) is 5.81. The average molecular weight is 514 g/mol. The molecule has 6 nitrogen and oxygen atoms in total. The first-order valence-electron chi connectivity index (χ1n) is 12.3. The standard InChI is InChI=1S/C30H31N3O3S/c1-21-16-22(2)18-25(17-21)36-19-27-33-26(20-37-27)29(34)31-14-9-15-32-30(35)28(23-10-5-3-6-11-23)24-12-7-4-8-13-24/h3-8,10-13,16-18,20,28H,9,14-15,19H2,1-2H3,(H,31,34)(H,32,35). The zero-order valence-corrected chi connectivity index (χ0v) is 21.9. The smallest absolute Gasteiger partial charge is 0.270 e. The molecule has 4 aromatic rings. The van der Waals surface area contributed by atoms with E-state index in [1.165, 1.54) is 11.3 Å². The monoisotopic (exact) mass is 513 g/mol. The molecule has 1 aromatic heterocycles. The highest BCUT2D eigenvalue weighted by atomic mass is 32.1. The molecule has 3 aromatic carbocycles. The summed E-state index contributed by atoms with van der Waals surface area (Å²) in [6.45, 7) is 5.27. The fraction of sp³-hybridized carbons (Fsp3) is 0.233. The summed E-state index contributed by atoms with van der Waals surface area (Å²) in [7, 11) is 0. The summed E-state index contributed by atoms with van der Waals surface area (Å²) in [6.07, 6.45) is 0.612. The molecule has 1 heterocycles. The molecule has 0 atom stereocenters. The quantitative estimate of drug-likeness (QED) is 0.263. The van der Waals surface area contributed by atoms with Crippen LogP contribution in [0, 0.1) is 13.8 Å². The van der Waals surface area contributed by atoms with Gasteiger partial charge in [-0.3, -0.25) is 9.59 Å². The van der Waals surface area contributed by atoms with Gasteiger partial charge in [-0.1, -0.05) is 66.7 Å². The molecule has 0 saturated heterocycles. The lowest BCUT2D eigenvalue weighted by atomic mass is 9.90. The molecule has 0 saturated carbocycles. The van der Waals surface area contributed by atoms with E-state index in [2.05, 4.69) is 21.7 Å². The number of amides is 2. The maximum atomic E-state index is 13.0. The van der Waals surface area contributed by atoms with Crippen molar-refractivity contribution >= 4 is 23.2 Å². The van der Waals surface area contributed by atoms with Crippen LogP contribution in [-0.2, 0) is 11.4 Å². The Bertz CT molecular complexity index is 1260. The van der Waals surface area contributed by atoms with E-state index in [1.807, 2.05) is 86.6 Å². The number of hydrogen-bond donors (Lipinski definition) is 2. The zero-order chi connectivity index (χ0) is 26.0. The van der Waals surface area contributed by atoms with Gasteiger partial charge in [-0.25, -0.2) is 4.98 Å². The predicted octanol–water partition coefficient (Wildman–Crippen LogP) is 5.41. The maximum Gasteiger partial charge on any atom is 0.270 e. The third kappa shape index (κ3) is 7.51. The summed E-state index contributed by atoms with van der Waals surface area (Å²) in [5.41, 5.74) is 4.55. The molecule has 0 aliphatic rings. The first kappa shape index (κ1) is 26.1. The van der Waals surface area contributed by atoms with Gasteiger partial charge in [-0.05, 0) is 54.7 Å². The highest BCUT2D eigenvalue weighted by Gasteiger charge is 2.22. The number of carbonyl (C=O) groups is 2. The number of aryl methyl sites for hydroxylation is 2. The van der Waals surface area contributed by atoms with Crippen molar-refractivity contribution in [1.29, 1.82) is 0 Å². The Kier molecular flexibility index (Phi) is 9.05. The lowest BCUT2D eigenvalue weighted by molar-refractivity contribution is -0.121. The Morgan fingerprint density at radius 1 is 0.865 bits per heavy atom. The van der Waals surface area contributed by atoms with Crippen LogP contribution in [0.4, 0.5) is 0 Å². The molecule has 0 spiro atoms. The Balaban J connectivity index is 1.22. The van der Waals surface area contributed by atoms with Gasteiger partial charge in [0.05, 0.1) is 5.92 Å². The summed E-state index contributed by atoms with van der Waals surface area (Å²) in [4.78, 5) is 29.9. The van der Waals surface area contributed by atoms with Gasteiger partial charge >= 0.3 is 0 Å². The molecule has 0 unspecified atom stereocenters. The lowest BCUT2D eigenvalue weighted by Gasteiger charge is -2.18. The minimum absolute atomic E-state index is 0.0586. The van der Waals surface area contributed by atoms with Gasteiger partial charge < -0.3 is 15.4 Å². The molecule has 190 valence electrons. The molecular formula is C30H31N3O3S. The number of nitrogens with zero attached hydrogens (tertiary/aromatic N) is 1. The van der Waals surface area contributed by atoms with Gasteiger partial charge in [-0.2, -0.15) is 0 Å². The van der Waals surface area contributed by atoms with Gasteiger partial charge in [-0.15, -0.1) is 11.3 Å². The number of hydrogen-bond acceptors (Lipinski definition) is 5. The number of carbonyl (C=O) groups excluding carboxylic acids is 2. The van der Waals surface area contributed by atoms with Gasteiger partial charge in [0.2, 0.25) is 5.91 Å². The Labute approximate surface area is 221 Å². The Morgan fingerprint density at radius 3 is 2.08 bits per heavy atom. The van der Waals surface area contributed by atoms with Crippen LogP contribution in [0.5, 0.6) is 5.75 Å². The molecule has 37 heavy (non-hydrogen) atoms. The SMILES string of the molecule is Cc1cc(C)cc(OCc2nc(C(=O)NCCCNC(=O)C(c3ccccc3)c3ccccc3)cs2)c1. The molecule has 0 aliphatic carbocycles. The molecule has 0 bridgehead atoms. The fourth-order valence-corrected chi connectivity index (χ4v) is 4.81. The summed E-state index contributed by atoms with van der Waals surface area (Å²) in [5, 5.41) is 8.38. The van der Waals surface area contributed by atoms with E-state index in [0.717, 1.165) is 33.0 Å². The lowest BCUT2D eigenvalue weighted by Crippen LogP contribution is -2.33. The van der Waals surface area contributed by atoms with Crippen molar-refractivity contribution < 1.29 is 14.3 Å². The van der Waals surface area contributed by atoms with Crippen molar-refractivity contribution in [2.24, 2.45) is 0 Å². The third-order valence-corrected chi connectivity index (χ3v) is 6.63. The average Bonchev–Trinajstić information content (AvgIpc) is 3.37. The second-order valence-corrected chi connectivity index (χ2v) is 9.84. The van der Waals surface area contributed by atoms with E-state index in [-0.39, 0.29) is 17.7 Å². The first-order chi connectivity index (χ1) is 18.0. The second-order valence-electron chi connectivity index (χ2n) is 8.89. The van der Waals surface area contributed by atoms with Crippen LogP contribution in [0.3, 0.4) is 0 Å². The largest absolute Gasteiger partial charge is 0.486 e. The van der Waals surface area contributed by atoms with Crippen molar-refractivity contribution in [3.63, 3.8) is 0 Å². The van der Waals surface area contributed by atoms with Gasteiger partial charge in [0, 0.05) is 18.5 Å². The summed E-state index contributed by atoms with van der Waals surface area (Å²) in [6, 6.07) is 25.5. The molecule has 2 amide bonds. The van der Waals surface area contributed by atoms with Crippen LogP contribution >= 0.6 is 11.3 Å². The normalized spacial score (nSPS) is 10.8. The first-order valence-corrected chi connectivity index (χ1v) is 13.2. The summed E-state index contributed by atoms with van der Waals surface area (Å²) >= 11 is 1.40. The number of rotatable bonds is 11. The molecule has 0 aliphatic heterocycles. The molecule has 0 radical (unpaired) electrons. The van der Waals surface area contributed by atoms with Crippen LogP contribution in [-0.4, -0.2) is 29.9 Å². The van der Waals surface area contributed by atoms with E-state index in [1.54, 1.807) is 5.38 Å². The van der Waals surface area contributed by atoms with Crippen molar-refractivity contribution in [3.8, 4) is 5.75 Å². The number of ether oxygens (including phenoxy) is 1. The number of benzene rings is 3. The zero-order valence-electron chi connectivity index (χ0n) is 21.1. The predicted molar refractivity (Wildman–Crippen MR) is 147 cm³/mol. The highest BCUT2D eigenvalue weighted by Crippen LogP contribution is 2.24. The molecule has 7 heteroatoms. The second kappa shape index (κ2) is 12.8. The number of thiazole rings is 1. The molecule has 2 N–H and O–H groups in total. The Morgan fingerprint density at radius 2 is 1.46 bits per heavy atom. The Hall–Kier alpha value is -3.97. The summed E-state index contributed by atoms with van der Waals surface area (Å²) in [5.74, 6) is 0.127. The fourth-order valence-electron chi connectivity index (χ4n) is 4.12. The van der Waals surface area contributed by atoms with Crippen molar-refractivity contribution in [2.75, 3.05) is 13.1 Å². The number of aromatic nitrogens is 1. The summed E-state index contributed by atoms with van der Waals surface area (Å²) < 4.78 is 5.84. The van der Waals surface area contributed by atoms with E-state index >= 15 is 0 Å². The van der Waals surface area contributed by atoms with Crippen molar-refractivity contribution in [3.05, 3.63) is 117 Å². The number of nitrogens with one attached hydrogen (secondary N) is 2. The molecule has 0 fully saturated rings. The highest BCUT2D eigenvalue weighted by molar-refractivity contribution is 7.09. The van der Waals surface area contributed by atoms with Crippen LogP contribution in [0.1, 0.15) is 50.1 Å². The van der Waals surface area contributed by atoms with Gasteiger partial charge in [0.25, 0.3) is 5.91 Å². The van der Waals surface area contributed by atoms with E-state index < -0.39 is 0 Å². The van der Waals surface area contributed by atoms with E-state index in [4.69, 9.17) is 4.74 Å². The van der Waals surface area contributed by atoms with Crippen LogP contribution in [0.25, 0.3) is 0 Å².